The number of nitro groups is 1. The van der Waals surface area contributed by atoms with Gasteiger partial charge in [0.1, 0.15) is 6.04 Å². The molecule has 0 radical (unpaired) electrons. The number of carboxylic acid groups (broad SMARTS) is 1. The third kappa shape index (κ3) is 3.98. The molecule has 110 valence electrons. The number of aliphatic hydroxyl groups excluding tert-OH is 1. The van der Waals surface area contributed by atoms with Crippen LogP contribution in [0.3, 0.4) is 0 Å². The van der Waals surface area contributed by atoms with Crippen LogP contribution >= 0.6 is 0 Å². The number of non-ortho nitro benzene ring substituents is 1. The van der Waals surface area contributed by atoms with Crippen molar-refractivity contribution in [2.24, 2.45) is 0 Å². The van der Waals surface area contributed by atoms with E-state index in [2.05, 4.69) is 0 Å². The molecule has 1 rings (SSSR count). The molecule has 1 aromatic rings. The van der Waals surface area contributed by atoms with Crippen LogP contribution in [0.4, 0.5) is 5.69 Å². The van der Waals surface area contributed by atoms with Crippen LogP contribution < -0.4 is 4.72 Å². The van der Waals surface area contributed by atoms with Crippen LogP contribution in [0, 0.1) is 10.1 Å². The predicted molar refractivity (Wildman–Crippen MR) is 66.5 cm³/mol. The van der Waals surface area contributed by atoms with Crippen molar-refractivity contribution in [3.05, 3.63) is 34.4 Å². The Balaban J connectivity index is 2.98. The molecule has 0 aromatic heterocycles. The van der Waals surface area contributed by atoms with Crippen LogP contribution in [0.2, 0.25) is 0 Å². The zero-order chi connectivity index (χ0) is 15.3. The summed E-state index contributed by atoms with van der Waals surface area (Å²) >= 11 is 0. The number of carbonyl (C=O) groups is 1. The first-order valence-electron chi connectivity index (χ1n) is 5.38. The second-order valence-corrected chi connectivity index (χ2v) is 5.49. The molecule has 0 heterocycles. The van der Waals surface area contributed by atoms with Gasteiger partial charge in [-0.25, -0.2) is 8.42 Å². The fourth-order valence-corrected chi connectivity index (χ4v) is 2.59. The molecule has 3 N–H and O–H groups in total. The normalized spacial score (nSPS) is 12.8. The van der Waals surface area contributed by atoms with Crippen molar-refractivity contribution in [1.82, 2.24) is 4.72 Å². The predicted octanol–water partition coefficient (Wildman–Crippen LogP) is -0.291. The molecule has 0 bridgehead atoms. The van der Waals surface area contributed by atoms with Crippen LogP contribution in [0.25, 0.3) is 0 Å². The average molecular weight is 304 g/mol. The van der Waals surface area contributed by atoms with Gasteiger partial charge in [0.2, 0.25) is 10.0 Å². The monoisotopic (exact) mass is 304 g/mol. The molecule has 9 nitrogen and oxygen atoms in total. The van der Waals surface area contributed by atoms with Gasteiger partial charge >= 0.3 is 5.97 Å². The minimum atomic E-state index is -4.13. The van der Waals surface area contributed by atoms with Crippen LogP contribution in [0.1, 0.15) is 6.42 Å². The molecule has 1 aromatic carbocycles. The van der Waals surface area contributed by atoms with Crippen molar-refractivity contribution in [1.29, 1.82) is 0 Å². The summed E-state index contributed by atoms with van der Waals surface area (Å²) in [5.74, 6) is -1.43. The molecule has 20 heavy (non-hydrogen) atoms. The Bertz CT molecular complexity index is 597. The third-order valence-electron chi connectivity index (χ3n) is 2.37. The number of aliphatic carboxylic acids is 1. The molecule has 0 aliphatic rings. The highest BCUT2D eigenvalue weighted by atomic mass is 32.2. The highest BCUT2D eigenvalue weighted by molar-refractivity contribution is 7.89. The second kappa shape index (κ2) is 6.41. The Morgan fingerprint density at radius 2 is 1.90 bits per heavy atom. The topological polar surface area (TPSA) is 147 Å². The summed E-state index contributed by atoms with van der Waals surface area (Å²) in [4.78, 5) is 20.3. The zero-order valence-corrected chi connectivity index (χ0v) is 10.9. The van der Waals surface area contributed by atoms with Crippen molar-refractivity contribution >= 4 is 21.7 Å². The van der Waals surface area contributed by atoms with Crippen LogP contribution in [0.15, 0.2) is 29.2 Å². The fourth-order valence-electron chi connectivity index (χ4n) is 1.36. The molecule has 0 spiro atoms. The summed E-state index contributed by atoms with van der Waals surface area (Å²) in [5, 5.41) is 27.9. The summed E-state index contributed by atoms with van der Waals surface area (Å²) in [6.45, 7) is -0.500. The first-order chi connectivity index (χ1) is 9.27. The average Bonchev–Trinajstić information content (AvgIpc) is 2.38. The van der Waals surface area contributed by atoms with Gasteiger partial charge in [-0.3, -0.25) is 14.9 Å². The van der Waals surface area contributed by atoms with Crippen molar-refractivity contribution in [3.63, 3.8) is 0 Å². The molecule has 0 saturated heterocycles. The molecule has 0 unspecified atom stereocenters. The molecule has 0 aliphatic carbocycles. The van der Waals surface area contributed by atoms with E-state index in [1.54, 1.807) is 0 Å². The van der Waals surface area contributed by atoms with Gasteiger partial charge in [0.15, 0.2) is 0 Å². The van der Waals surface area contributed by atoms with Crippen LogP contribution in [-0.4, -0.2) is 42.2 Å². The fraction of sp³-hybridized carbons (Fsp3) is 0.300. The SMILES string of the molecule is O=C(O)[C@@H](CCO)NS(=O)(=O)c1ccc([N+](=O)[O-])cc1. The highest BCUT2D eigenvalue weighted by Gasteiger charge is 2.25. The molecule has 0 saturated carbocycles. The van der Waals surface area contributed by atoms with E-state index in [-0.39, 0.29) is 17.0 Å². The first kappa shape index (κ1) is 16.0. The van der Waals surface area contributed by atoms with E-state index >= 15 is 0 Å². The number of nitro benzene ring substituents is 1. The Labute approximate surface area is 114 Å². The Hall–Kier alpha value is -2.04. The van der Waals surface area contributed by atoms with Gasteiger partial charge < -0.3 is 10.2 Å². The van der Waals surface area contributed by atoms with Crippen LogP contribution in [0.5, 0.6) is 0 Å². The number of aliphatic hydroxyl groups is 1. The molecule has 1 atom stereocenters. The number of hydrogen-bond donors (Lipinski definition) is 3. The van der Waals surface area contributed by atoms with Gasteiger partial charge in [0.05, 0.1) is 9.82 Å². The van der Waals surface area contributed by atoms with Gasteiger partial charge in [0, 0.05) is 18.7 Å². The second-order valence-electron chi connectivity index (χ2n) is 3.78. The molecule has 0 amide bonds. The molecular formula is C10H12N2O7S. The summed E-state index contributed by atoms with van der Waals surface area (Å²) in [6.07, 6.45) is -0.290. The Morgan fingerprint density at radius 3 is 2.30 bits per heavy atom. The van der Waals surface area contributed by atoms with Crippen molar-refractivity contribution in [2.45, 2.75) is 17.4 Å². The van der Waals surface area contributed by atoms with E-state index in [1.165, 1.54) is 0 Å². The summed E-state index contributed by atoms with van der Waals surface area (Å²) < 4.78 is 25.7. The molecule has 0 fully saturated rings. The lowest BCUT2D eigenvalue weighted by atomic mass is 10.2. The van der Waals surface area contributed by atoms with Crippen molar-refractivity contribution in [2.75, 3.05) is 6.61 Å². The van der Waals surface area contributed by atoms with Gasteiger partial charge in [-0.1, -0.05) is 0 Å². The van der Waals surface area contributed by atoms with E-state index in [1.807, 2.05) is 4.72 Å². The van der Waals surface area contributed by atoms with Crippen molar-refractivity contribution < 1.29 is 28.3 Å². The number of benzene rings is 1. The third-order valence-corrected chi connectivity index (χ3v) is 3.86. The minimum Gasteiger partial charge on any atom is -0.480 e. The van der Waals surface area contributed by atoms with E-state index in [9.17, 15) is 23.3 Å². The zero-order valence-electron chi connectivity index (χ0n) is 10.1. The maximum Gasteiger partial charge on any atom is 0.321 e. The lowest BCUT2D eigenvalue weighted by molar-refractivity contribution is -0.384. The van der Waals surface area contributed by atoms with E-state index in [4.69, 9.17) is 10.2 Å². The number of hydrogen-bond acceptors (Lipinski definition) is 6. The molecule has 10 heteroatoms. The minimum absolute atomic E-state index is 0.283. The smallest absolute Gasteiger partial charge is 0.321 e. The first-order valence-corrected chi connectivity index (χ1v) is 6.86. The lowest BCUT2D eigenvalue weighted by Crippen LogP contribution is -2.41. The molecule has 0 aliphatic heterocycles. The Kier molecular flexibility index (Phi) is 5.13. The number of rotatable bonds is 7. The maximum absolute atomic E-state index is 11.9. The van der Waals surface area contributed by atoms with Gasteiger partial charge in [-0.15, -0.1) is 0 Å². The van der Waals surface area contributed by atoms with Gasteiger partial charge in [-0.2, -0.15) is 4.72 Å². The Morgan fingerprint density at radius 1 is 1.35 bits per heavy atom. The number of nitrogens with one attached hydrogen (secondary N) is 1. The van der Waals surface area contributed by atoms with Crippen molar-refractivity contribution in [3.8, 4) is 0 Å². The summed E-state index contributed by atoms with van der Waals surface area (Å²) in [5.41, 5.74) is -0.283. The standard InChI is InChI=1S/C10H12N2O7S/c13-6-5-9(10(14)15)11-20(18,19)8-3-1-7(2-4-8)12(16)17/h1-4,9,11,13H,5-6H2,(H,14,15)/t9-/m1/s1. The van der Waals surface area contributed by atoms with Gasteiger partial charge in [-0.05, 0) is 18.6 Å². The van der Waals surface area contributed by atoms with E-state index < -0.39 is 33.6 Å². The number of nitrogens with zero attached hydrogens (tertiary/aromatic N) is 1. The summed E-state index contributed by atoms with van der Waals surface area (Å²) in [7, 11) is -4.13. The molecular weight excluding hydrogens is 292 g/mol. The highest BCUT2D eigenvalue weighted by Crippen LogP contribution is 2.16. The van der Waals surface area contributed by atoms with E-state index in [0.29, 0.717) is 0 Å². The maximum atomic E-state index is 11.9. The largest absolute Gasteiger partial charge is 0.480 e. The van der Waals surface area contributed by atoms with Gasteiger partial charge in [0.25, 0.3) is 5.69 Å². The van der Waals surface area contributed by atoms with E-state index in [0.717, 1.165) is 24.3 Å². The number of carboxylic acids is 1. The lowest BCUT2D eigenvalue weighted by Gasteiger charge is -2.13. The van der Waals surface area contributed by atoms with Crippen LogP contribution in [-0.2, 0) is 14.8 Å². The summed E-state index contributed by atoms with van der Waals surface area (Å²) in [6, 6.07) is 2.52. The quantitative estimate of drug-likeness (QED) is 0.463. The number of sulfonamides is 1.